The van der Waals surface area contributed by atoms with Gasteiger partial charge in [-0.25, -0.2) is 4.45 Å². The summed E-state index contributed by atoms with van der Waals surface area (Å²) in [6, 6.07) is 1.01. The van der Waals surface area contributed by atoms with Gasteiger partial charge in [-0.15, -0.1) is 0 Å². The monoisotopic (exact) mass is 238 g/mol. The van der Waals surface area contributed by atoms with Gasteiger partial charge in [0.15, 0.2) is 5.75 Å². The van der Waals surface area contributed by atoms with Crippen molar-refractivity contribution in [1.82, 2.24) is 9.55 Å². The third-order valence-corrected chi connectivity index (χ3v) is 2.25. The predicted octanol–water partition coefficient (Wildman–Crippen LogP) is 0.408. The standard InChI is InChI=1S/C7H9F2N2O3P/c1-15-11-6(13)5(14-7(8)9)2-4(3-12)10-11/h2,7,12,15H,3H2,1H3. The van der Waals surface area contributed by atoms with Crippen molar-refractivity contribution in [3.8, 4) is 5.75 Å². The average molecular weight is 238 g/mol. The van der Waals surface area contributed by atoms with Gasteiger partial charge in [0.2, 0.25) is 0 Å². The van der Waals surface area contributed by atoms with E-state index in [2.05, 4.69) is 9.84 Å². The van der Waals surface area contributed by atoms with Gasteiger partial charge in [-0.3, -0.25) is 4.79 Å². The third kappa shape index (κ3) is 2.94. The van der Waals surface area contributed by atoms with Crippen LogP contribution in [0.5, 0.6) is 5.75 Å². The summed E-state index contributed by atoms with van der Waals surface area (Å²) >= 11 is 0. The Hall–Kier alpha value is -1.07. The molecule has 0 fully saturated rings. The van der Waals surface area contributed by atoms with Crippen LogP contribution in [0.15, 0.2) is 10.9 Å². The summed E-state index contributed by atoms with van der Waals surface area (Å²) in [5.74, 6) is -0.501. The maximum atomic E-state index is 11.9. The van der Waals surface area contributed by atoms with E-state index in [1.54, 1.807) is 6.66 Å². The Morgan fingerprint density at radius 3 is 2.87 bits per heavy atom. The Morgan fingerprint density at radius 1 is 1.73 bits per heavy atom. The summed E-state index contributed by atoms with van der Waals surface area (Å²) in [7, 11) is -0.0217. The summed E-state index contributed by atoms with van der Waals surface area (Å²) in [6.45, 7) is -1.85. The Labute approximate surface area is 85.5 Å². The van der Waals surface area contributed by atoms with Gasteiger partial charge >= 0.3 is 12.2 Å². The molecule has 15 heavy (non-hydrogen) atoms. The third-order valence-electron chi connectivity index (χ3n) is 1.52. The van der Waals surface area contributed by atoms with Crippen LogP contribution in [-0.2, 0) is 6.61 Å². The van der Waals surface area contributed by atoms with Gasteiger partial charge in [-0.05, 0) is 6.66 Å². The first-order chi connectivity index (χ1) is 7.08. The Morgan fingerprint density at radius 2 is 2.40 bits per heavy atom. The van der Waals surface area contributed by atoms with Crippen molar-refractivity contribution < 1.29 is 18.6 Å². The molecule has 1 atom stereocenters. The molecule has 84 valence electrons. The zero-order valence-corrected chi connectivity index (χ0v) is 8.78. The van der Waals surface area contributed by atoms with Crippen LogP contribution >= 0.6 is 8.73 Å². The number of aliphatic hydroxyl groups is 1. The number of nitrogens with zero attached hydrogens (tertiary/aromatic N) is 2. The lowest BCUT2D eigenvalue weighted by Crippen LogP contribution is -2.22. The minimum absolute atomic E-state index is 0.0217. The second-order valence-corrected chi connectivity index (χ2v) is 3.35. The summed E-state index contributed by atoms with van der Waals surface area (Å²) in [5, 5.41) is 12.5. The summed E-state index contributed by atoms with van der Waals surface area (Å²) in [6.07, 6.45) is 0. The molecule has 0 spiro atoms. The molecule has 1 N–H and O–H groups in total. The van der Waals surface area contributed by atoms with Crippen LogP contribution in [0.2, 0.25) is 0 Å². The first kappa shape index (κ1) is 12.0. The summed E-state index contributed by atoms with van der Waals surface area (Å²) in [5.41, 5.74) is -0.618. The molecule has 0 saturated heterocycles. The topological polar surface area (TPSA) is 64.3 Å². The highest BCUT2D eigenvalue weighted by Gasteiger charge is 2.12. The van der Waals surface area contributed by atoms with Gasteiger partial charge in [0.1, 0.15) is 0 Å². The highest BCUT2D eigenvalue weighted by Crippen LogP contribution is 2.12. The second kappa shape index (κ2) is 5.14. The zero-order chi connectivity index (χ0) is 11.4. The van der Waals surface area contributed by atoms with Gasteiger partial charge in [0, 0.05) is 14.8 Å². The number of ether oxygens (including phenoxy) is 1. The normalized spacial score (nSPS) is 11.5. The summed E-state index contributed by atoms with van der Waals surface area (Å²) in [4.78, 5) is 11.4. The van der Waals surface area contributed by atoms with Crippen LogP contribution in [0.3, 0.4) is 0 Å². The molecule has 1 aromatic rings. The van der Waals surface area contributed by atoms with Crippen molar-refractivity contribution in [2.75, 3.05) is 6.66 Å². The van der Waals surface area contributed by atoms with Crippen LogP contribution < -0.4 is 10.3 Å². The van der Waals surface area contributed by atoms with Crippen molar-refractivity contribution >= 4 is 8.73 Å². The smallest absolute Gasteiger partial charge is 0.387 e. The largest absolute Gasteiger partial charge is 0.429 e. The molecular weight excluding hydrogens is 229 g/mol. The van der Waals surface area contributed by atoms with Gasteiger partial charge in [0.05, 0.1) is 12.3 Å². The van der Waals surface area contributed by atoms with E-state index in [-0.39, 0.29) is 14.4 Å². The number of aromatic nitrogens is 2. The molecule has 5 nitrogen and oxygen atoms in total. The number of halogens is 2. The first-order valence-corrected chi connectivity index (χ1v) is 5.40. The minimum atomic E-state index is -3.07. The van der Waals surface area contributed by atoms with Crippen LogP contribution in [0.25, 0.3) is 0 Å². The van der Waals surface area contributed by atoms with E-state index in [9.17, 15) is 13.6 Å². The molecule has 1 unspecified atom stereocenters. The first-order valence-electron chi connectivity index (χ1n) is 3.95. The van der Waals surface area contributed by atoms with Crippen LogP contribution in [0, 0.1) is 0 Å². The van der Waals surface area contributed by atoms with Gasteiger partial charge in [-0.2, -0.15) is 13.9 Å². The van der Waals surface area contributed by atoms with Crippen molar-refractivity contribution in [3.05, 3.63) is 22.1 Å². The van der Waals surface area contributed by atoms with E-state index in [0.717, 1.165) is 10.5 Å². The molecule has 1 rings (SSSR count). The Kier molecular flexibility index (Phi) is 4.11. The van der Waals surface area contributed by atoms with Gasteiger partial charge in [0.25, 0.3) is 0 Å². The Balaban J connectivity index is 3.18. The lowest BCUT2D eigenvalue weighted by molar-refractivity contribution is -0.0511. The number of rotatable bonds is 4. The van der Waals surface area contributed by atoms with E-state index in [4.69, 9.17) is 5.11 Å². The molecule has 0 aromatic carbocycles. The van der Waals surface area contributed by atoms with Crippen molar-refractivity contribution in [2.24, 2.45) is 0 Å². The highest BCUT2D eigenvalue weighted by molar-refractivity contribution is 7.34. The van der Waals surface area contributed by atoms with E-state index < -0.39 is 24.5 Å². The van der Waals surface area contributed by atoms with Crippen LogP contribution in [-0.4, -0.2) is 27.9 Å². The van der Waals surface area contributed by atoms with Crippen molar-refractivity contribution in [2.45, 2.75) is 13.2 Å². The van der Waals surface area contributed by atoms with E-state index in [1.807, 2.05) is 0 Å². The van der Waals surface area contributed by atoms with E-state index >= 15 is 0 Å². The molecule has 0 saturated carbocycles. The lowest BCUT2D eigenvalue weighted by Gasteiger charge is -2.08. The van der Waals surface area contributed by atoms with E-state index in [1.165, 1.54) is 0 Å². The minimum Gasteiger partial charge on any atom is -0.429 e. The fraction of sp³-hybridized carbons (Fsp3) is 0.429. The zero-order valence-electron chi connectivity index (χ0n) is 7.78. The number of aliphatic hydroxyl groups excluding tert-OH is 1. The van der Waals surface area contributed by atoms with Crippen LogP contribution in [0.4, 0.5) is 8.78 Å². The average Bonchev–Trinajstić information content (AvgIpc) is 2.20. The van der Waals surface area contributed by atoms with Crippen molar-refractivity contribution in [1.29, 1.82) is 0 Å². The quantitative estimate of drug-likeness (QED) is 0.771. The van der Waals surface area contributed by atoms with Gasteiger partial charge in [-0.1, -0.05) is 0 Å². The molecule has 1 aromatic heterocycles. The fourth-order valence-corrected chi connectivity index (χ4v) is 1.47. The number of hydrogen-bond acceptors (Lipinski definition) is 4. The predicted molar refractivity (Wildman–Crippen MR) is 50.7 cm³/mol. The lowest BCUT2D eigenvalue weighted by atomic mass is 10.4. The second-order valence-electron chi connectivity index (χ2n) is 2.48. The number of hydrogen-bond donors (Lipinski definition) is 1. The van der Waals surface area contributed by atoms with Crippen molar-refractivity contribution in [3.63, 3.8) is 0 Å². The highest BCUT2D eigenvalue weighted by atomic mass is 31.1. The number of alkyl halides is 2. The molecule has 0 aliphatic rings. The molecule has 0 aliphatic heterocycles. The van der Waals surface area contributed by atoms with Crippen LogP contribution in [0.1, 0.15) is 5.69 Å². The molecule has 8 heteroatoms. The SMILES string of the molecule is CPn1nc(CO)cc(OC(F)F)c1=O. The maximum absolute atomic E-state index is 11.9. The molecule has 0 radical (unpaired) electrons. The summed E-state index contributed by atoms with van der Waals surface area (Å²) < 4.78 is 28.8. The maximum Gasteiger partial charge on any atom is 0.387 e. The molecule has 0 amide bonds. The van der Waals surface area contributed by atoms with Gasteiger partial charge < -0.3 is 9.84 Å². The molecular formula is C7H9F2N2O3P. The molecule has 0 aliphatic carbocycles. The fourth-order valence-electron chi connectivity index (χ4n) is 0.929. The van der Waals surface area contributed by atoms with E-state index in [0.29, 0.717) is 0 Å². The Bertz CT molecular complexity index is 396. The molecule has 1 heterocycles. The molecule has 0 bridgehead atoms.